The summed E-state index contributed by atoms with van der Waals surface area (Å²) in [4.78, 5) is 2.63. The maximum atomic E-state index is 3.75. The van der Waals surface area contributed by atoms with Gasteiger partial charge >= 0.3 is 0 Å². The van der Waals surface area contributed by atoms with Crippen molar-refractivity contribution >= 4 is 0 Å². The molecule has 1 aliphatic rings. The first-order valence-corrected chi connectivity index (χ1v) is 8.65. The molecule has 0 amide bonds. The Morgan fingerprint density at radius 1 is 1.14 bits per heavy atom. The number of benzene rings is 1. The molecule has 0 radical (unpaired) electrons. The Kier molecular flexibility index (Phi) is 6.25. The lowest BCUT2D eigenvalue weighted by Gasteiger charge is -2.32. The van der Waals surface area contributed by atoms with E-state index in [2.05, 4.69) is 62.2 Å². The van der Waals surface area contributed by atoms with E-state index in [1.54, 1.807) is 0 Å². The molecule has 118 valence electrons. The van der Waals surface area contributed by atoms with Crippen molar-refractivity contribution in [3.63, 3.8) is 0 Å². The molecule has 2 nitrogen and oxygen atoms in total. The molecule has 2 atom stereocenters. The van der Waals surface area contributed by atoms with E-state index in [0.29, 0.717) is 18.0 Å². The minimum absolute atomic E-state index is 0.623. The average molecular weight is 288 g/mol. The zero-order valence-corrected chi connectivity index (χ0v) is 14.2. The summed E-state index contributed by atoms with van der Waals surface area (Å²) in [6.07, 6.45) is 3.76. The van der Waals surface area contributed by atoms with Crippen LogP contribution in [0.1, 0.15) is 64.0 Å². The van der Waals surface area contributed by atoms with E-state index in [1.165, 1.54) is 43.5 Å². The molecule has 1 fully saturated rings. The molecule has 2 heteroatoms. The zero-order chi connectivity index (χ0) is 15.2. The maximum absolute atomic E-state index is 3.75. The van der Waals surface area contributed by atoms with Crippen molar-refractivity contribution in [1.82, 2.24) is 10.2 Å². The summed E-state index contributed by atoms with van der Waals surface area (Å²) in [6, 6.07) is 10.5. The van der Waals surface area contributed by atoms with Gasteiger partial charge in [0.25, 0.3) is 0 Å². The molecule has 1 aromatic carbocycles. The molecular formula is C19H32N2. The van der Waals surface area contributed by atoms with E-state index in [-0.39, 0.29) is 0 Å². The molecule has 1 saturated heterocycles. The first-order valence-electron chi connectivity index (χ1n) is 8.65. The van der Waals surface area contributed by atoms with Crippen LogP contribution in [0.5, 0.6) is 0 Å². The molecule has 1 aromatic rings. The quantitative estimate of drug-likeness (QED) is 0.895. The summed E-state index contributed by atoms with van der Waals surface area (Å²) in [5.41, 5.74) is 2.89. The second kappa shape index (κ2) is 7.95. The minimum Gasteiger partial charge on any atom is -0.311 e. The third-order valence-corrected chi connectivity index (χ3v) is 4.74. The molecule has 2 rings (SSSR count). The molecular weight excluding hydrogens is 256 g/mol. The molecule has 0 saturated carbocycles. The number of rotatable bonds is 4. The van der Waals surface area contributed by atoms with Crippen LogP contribution in [-0.4, -0.2) is 30.1 Å². The Labute approximate surface area is 130 Å². The van der Waals surface area contributed by atoms with Crippen LogP contribution in [0.25, 0.3) is 0 Å². The smallest absolute Gasteiger partial charge is 0.0233 e. The second-order valence-electron chi connectivity index (χ2n) is 6.92. The van der Waals surface area contributed by atoms with E-state index in [0.717, 1.165) is 6.54 Å². The van der Waals surface area contributed by atoms with Gasteiger partial charge in [-0.2, -0.15) is 0 Å². The molecule has 0 bridgehead atoms. The first-order chi connectivity index (χ1) is 10.1. The van der Waals surface area contributed by atoms with Crippen LogP contribution in [0.3, 0.4) is 0 Å². The van der Waals surface area contributed by atoms with Crippen LogP contribution in [0.15, 0.2) is 24.3 Å². The van der Waals surface area contributed by atoms with E-state index < -0.39 is 0 Å². The predicted molar refractivity (Wildman–Crippen MR) is 91.7 cm³/mol. The van der Waals surface area contributed by atoms with Gasteiger partial charge in [0.05, 0.1) is 0 Å². The Morgan fingerprint density at radius 3 is 2.43 bits per heavy atom. The van der Waals surface area contributed by atoms with Crippen molar-refractivity contribution in [2.45, 2.75) is 71.5 Å². The molecule has 2 unspecified atom stereocenters. The molecule has 21 heavy (non-hydrogen) atoms. The number of hydrogen-bond acceptors (Lipinski definition) is 2. The van der Waals surface area contributed by atoms with Crippen LogP contribution >= 0.6 is 0 Å². The lowest BCUT2D eigenvalue weighted by atomic mass is 10.0. The van der Waals surface area contributed by atoms with Crippen molar-refractivity contribution in [2.75, 3.05) is 13.1 Å². The fraction of sp³-hybridized carbons (Fsp3) is 0.684. The fourth-order valence-corrected chi connectivity index (χ4v) is 3.14. The van der Waals surface area contributed by atoms with Gasteiger partial charge in [-0.3, -0.25) is 4.90 Å². The van der Waals surface area contributed by atoms with E-state index in [4.69, 9.17) is 0 Å². The van der Waals surface area contributed by atoms with Gasteiger partial charge in [-0.1, -0.05) is 45.0 Å². The summed E-state index contributed by atoms with van der Waals surface area (Å²) in [5, 5.41) is 3.75. The SMILES string of the molecule is CCC1CCN(Cc2ccc(C(C)C)cc2)CCC(C)N1. The largest absolute Gasteiger partial charge is 0.311 e. The molecule has 1 aliphatic heterocycles. The van der Waals surface area contributed by atoms with Crippen molar-refractivity contribution in [2.24, 2.45) is 0 Å². The first kappa shape index (κ1) is 16.5. The summed E-state index contributed by atoms with van der Waals surface area (Å²) in [6.45, 7) is 12.6. The second-order valence-corrected chi connectivity index (χ2v) is 6.92. The lowest BCUT2D eigenvalue weighted by molar-refractivity contribution is 0.206. The number of hydrogen-bond donors (Lipinski definition) is 1. The molecule has 0 aromatic heterocycles. The Hall–Kier alpha value is -0.860. The van der Waals surface area contributed by atoms with E-state index >= 15 is 0 Å². The van der Waals surface area contributed by atoms with Crippen LogP contribution in [-0.2, 0) is 6.54 Å². The van der Waals surface area contributed by atoms with Gasteiger partial charge in [0, 0.05) is 18.6 Å². The third kappa shape index (κ3) is 5.12. The van der Waals surface area contributed by atoms with Crippen molar-refractivity contribution in [3.05, 3.63) is 35.4 Å². The fourth-order valence-electron chi connectivity index (χ4n) is 3.14. The Balaban J connectivity index is 1.94. The van der Waals surface area contributed by atoms with Crippen LogP contribution in [0.4, 0.5) is 0 Å². The van der Waals surface area contributed by atoms with Gasteiger partial charge in [-0.05, 0) is 56.3 Å². The van der Waals surface area contributed by atoms with Crippen molar-refractivity contribution in [1.29, 1.82) is 0 Å². The van der Waals surface area contributed by atoms with Crippen LogP contribution < -0.4 is 5.32 Å². The summed E-state index contributed by atoms with van der Waals surface area (Å²) >= 11 is 0. The molecule has 0 aliphatic carbocycles. The Bertz CT molecular complexity index is 410. The van der Waals surface area contributed by atoms with E-state index in [1.807, 2.05) is 0 Å². The van der Waals surface area contributed by atoms with Gasteiger partial charge < -0.3 is 5.32 Å². The Morgan fingerprint density at radius 2 is 1.81 bits per heavy atom. The monoisotopic (exact) mass is 288 g/mol. The predicted octanol–water partition coefficient (Wildman–Crippen LogP) is 4.16. The highest BCUT2D eigenvalue weighted by atomic mass is 15.1. The van der Waals surface area contributed by atoms with Gasteiger partial charge in [-0.15, -0.1) is 0 Å². The van der Waals surface area contributed by atoms with Crippen molar-refractivity contribution < 1.29 is 0 Å². The van der Waals surface area contributed by atoms with Crippen LogP contribution in [0.2, 0.25) is 0 Å². The topological polar surface area (TPSA) is 15.3 Å². The van der Waals surface area contributed by atoms with Gasteiger partial charge in [0.2, 0.25) is 0 Å². The molecule has 0 spiro atoms. The van der Waals surface area contributed by atoms with Crippen LogP contribution in [0, 0.1) is 0 Å². The third-order valence-electron chi connectivity index (χ3n) is 4.74. The average Bonchev–Trinajstić information content (AvgIpc) is 2.47. The molecule has 1 heterocycles. The highest BCUT2D eigenvalue weighted by Gasteiger charge is 2.17. The minimum atomic E-state index is 0.623. The zero-order valence-electron chi connectivity index (χ0n) is 14.2. The van der Waals surface area contributed by atoms with E-state index in [9.17, 15) is 0 Å². The summed E-state index contributed by atoms with van der Waals surface area (Å²) in [7, 11) is 0. The standard InChI is InChI=1S/C19H32N2/c1-5-19-11-13-21(12-10-16(4)20-19)14-17-6-8-18(9-7-17)15(2)3/h6-9,15-16,19-20H,5,10-14H2,1-4H3. The number of nitrogens with one attached hydrogen (secondary N) is 1. The van der Waals surface area contributed by atoms with Crippen molar-refractivity contribution in [3.8, 4) is 0 Å². The van der Waals surface area contributed by atoms with Gasteiger partial charge in [0.1, 0.15) is 0 Å². The van der Waals surface area contributed by atoms with Gasteiger partial charge in [0.15, 0.2) is 0 Å². The molecule has 1 N–H and O–H groups in total. The summed E-state index contributed by atoms with van der Waals surface area (Å²) in [5.74, 6) is 0.623. The summed E-state index contributed by atoms with van der Waals surface area (Å²) < 4.78 is 0. The normalized spacial score (nSPS) is 24.8. The lowest BCUT2D eigenvalue weighted by Crippen LogP contribution is -2.43. The number of nitrogens with zero attached hydrogens (tertiary/aromatic N) is 1. The maximum Gasteiger partial charge on any atom is 0.0233 e. The highest BCUT2D eigenvalue weighted by molar-refractivity contribution is 5.24. The van der Waals surface area contributed by atoms with Gasteiger partial charge in [-0.25, -0.2) is 0 Å². The highest BCUT2D eigenvalue weighted by Crippen LogP contribution is 2.17.